The van der Waals surface area contributed by atoms with Gasteiger partial charge in [0.05, 0.1) is 10.6 Å². The molecule has 0 aliphatic carbocycles. The summed E-state index contributed by atoms with van der Waals surface area (Å²) in [6.07, 6.45) is 1.37. The molecule has 0 aliphatic heterocycles. The fourth-order valence-corrected chi connectivity index (χ4v) is 4.15. The van der Waals surface area contributed by atoms with Crippen molar-refractivity contribution in [3.63, 3.8) is 0 Å². The molecule has 28 heavy (non-hydrogen) atoms. The molecule has 0 spiro atoms. The second-order valence-corrected chi connectivity index (χ2v) is 8.91. The summed E-state index contributed by atoms with van der Waals surface area (Å²) in [5.74, 6) is -0.0621. The van der Waals surface area contributed by atoms with Crippen molar-refractivity contribution in [3.8, 4) is 0 Å². The highest BCUT2D eigenvalue weighted by atomic mass is 32.2. The van der Waals surface area contributed by atoms with Gasteiger partial charge in [0.25, 0.3) is 0 Å². The van der Waals surface area contributed by atoms with Gasteiger partial charge in [-0.1, -0.05) is 42.1 Å². The Hall–Kier alpha value is -2.69. The number of aromatic amines is 1. The number of aromatic nitrogens is 3. The number of benzene rings is 2. The Bertz CT molecular complexity index is 1010. The first-order chi connectivity index (χ1) is 13.4. The Kier molecular flexibility index (Phi) is 6.45. The topological polar surface area (TPSA) is 108 Å². The van der Waals surface area contributed by atoms with Gasteiger partial charge in [-0.05, 0) is 29.8 Å². The molecule has 0 radical (unpaired) electrons. The van der Waals surface area contributed by atoms with Gasteiger partial charge in [0.1, 0.15) is 6.33 Å². The predicted molar refractivity (Wildman–Crippen MR) is 107 cm³/mol. The lowest BCUT2D eigenvalue weighted by Crippen LogP contribution is -2.26. The molecule has 3 rings (SSSR count). The fraction of sp³-hybridized carbons (Fsp3) is 0.167. The zero-order chi connectivity index (χ0) is 20.0. The Labute approximate surface area is 167 Å². The number of nitrogens with zero attached hydrogens (tertiary/aromatic N) is 3. The van der Waals surface area contributed by atoms with Gasteiger partial charge in [-0.25, -0.2) is 13.4 Å². The Morgan fingerprint density at radius 3 is 2.50 bits per heavy atom. The van der Waals surface area contributed by atoms with Gasteiger partial charge in [-0.2, -0.15) is 9.40 Å². The van der Waals surface area contributed by atoms with E-state index in [0.29, 0.717) is 10.8 Å². The number of H-pyrrole nitrogens is 1. The molecule has 1 aromatic heterocycles. The maximum Gasteiger partial charge on any atom is 0.243 e. The average Bonchev–Trinajstić information content (AvgIpc) is 3.21. The van der Waals surface area contributed by atoms with Crippen molar-refractivity contribution in [2.75, 3.05) is 18.1 Å². The molecular weight excluding hydrogens is 398 g/mol. The Balaban J connectivity index is 1.60. The van der Waals surface area contributed by atoms with Crippen molar-refractivity contribution >= 4 is 33.4 Å². The molecule has 1 heterocycles. The summed E-state index contributed by atoms with van der Waals surface area (Å²) >= 11 is 1.22. The summed E-state index contributed by atoms with van der Waals surface area (Å²) in [6, 6.07) is 15.5. The van der Waals surface area contributed by atoms with Crippen molar-refractivity contribution in [1.82, 2.24) is 19.5 Å². The highest BCUT2D eigenvalue weighted by Crippen LogP contribution is 2.20. The van der Waals surface area contributed by atoms with Crippen LogP contribution in [0.5, 0.6) is 0 Å². The van der Waals surface area contributed by atoms with E-state index in [4.69, 9.17) is 0 Å². The third-order valence-corrected chi connectivity index (χ3v) is 6.52. The second kappa shape index (κ2) is 9.00. The van der Waals surface area contributed by atoms with Crippen molar-refractivity contribution < 1.29 is 13.2 Å². The van der Waals surface area contributed by atoms with Crippen molar-refractivity contribution in [2.24, 2.45) is 0 Å². The van der Waals surface area contributed by atoms with Gasteiger partial charge in [-0.15, -0.1) is 0 Å². The minimum atomic E-state index is -3.63. The fourth-order valence-electron chi connectivity index (χ4n) is 2.41. The zero-order valence-corrected chi connectivity index (χ0v) is 16.7. The van der Waals surface area contributed by atoms with Crippen LogP contribution in [0.25, 0.3) is 0 Å². The number of carbonyl (C=O) groups excluding carboxylic acids is 1. The smallest absolute Gasteiger partial charge is 0.243 e. The van der Waals surface area contributed by atoms with Gasteiger partial charge in [0.2, 0.25) is 15.9 Å². The van der Waals surface area contributed by atoms with Gasteiger partial charge < -0.3 is 5.32 Å². The van der Waals surface area contributed by atoms with Crippen LogP contribution in [0.1, 0.15) is 5.56 Å². The van der Waals surface area contributed by atoms with Crippen LogP contribution in [0.4, 0.5) is 5.69 Å². The number of rotatable bonds is 8. The van der Waals surface area contributed by atoms with Crippen LogP contribution < -0.4 is 5.32 Å². The van der Waals surface area contributed by atoms with Crippen LogP contribution in [-0.4, -0.2) is 46.6 Å². The molecule has 146 valence electrons. The molecule has 0 saturated carbocycles. The lowest BCUT2D eigenvalue weighted by Gasteiger charge is -2.17. The molecule has 2 N–H and O–H groups in total. The average molecular weight is 418 g/mol. The van der Waals surface area contributed by atoms with Crippen LogP contribution in [0, 0.1) is 0 Å². The molecule has 10 heteroatoms. The molecule has 2 aromatic carbocycles. The molecule has 0 unspecified atom stereocenters. The third kappa shape index (κ3) is 5.18. The summed E-state index contributed by atoms with van der Waals surface area (Å²) in [6.45, 7) is 0.278. The standard InChI is InChI=1S/C18H19N5O3S2/c1-23(11-14-5-3-2-4-6-14)28(25,26)16-9-7-15(8-10-16)21-17(24)12-27-18-19-13-20-22-18/h2-10,13H,11-12H2,1H3,(H,21,24)(H,19,20,22). The van der Waals surface area contributed by atoms with Crippen molar-refractivity contribution in [1.29, 1.82) is 0 Å². The van der Waals surface area contributed by atoms with E-state index in [0.717, 1.165) is 5.56 Å². The van der Waals surface area contributed by atoms with Crippen LogP contribution in [-0.2, 0) is 21.4 Å². The van der Waals surface area contributed by atoms with Crippen molar-refractivity contribution in [3.05, 3.63) is 66.5 Å². The van der Waals surface area contributed by atoms with Crippen LogP contribution in [0.2, 0.25) is 0 Å². The summed E-state index contributed by atoms with van der Waals surface area (Å²) in [5, 5.41) is 9.64. The van der Waals surface area contributed by atoms with Crippen LogP contribution >= 0.6 is 11.8 Å². The molecule has 3 aromatic rings. The second-order valence-electron chi connectivity index (χ2n) is 5.90. The van der Waals surface area contributed by atoms with E-state index in [1.54, 1.807) is 19.2 Å². The van der Waals surface area contributed by atoms with Gasteiger partial charge in [0.15, 0.2) is 5.16 Å². The molecule has 0 fully saturated rings. The highest BCUT2D eigenvalue weighted by molar-refractivity contribution is 7.99. The first-order valence-corrected chi connectivity index (χ1v) is 10.8. The number of sulfonamides is 1. The molecule has 1 amide bonds. The summed E-state index contributed by atoms with van der Waals surface area (Å²) < 4.78 is 26.7. The highest BCUT2D eigenvalue weighted by Gasteiger charge is 2.20. The van der Waals surface area contributed by atoms with Gasteiger partial charge in [0, 0.05) is 19.3 Å². The number of amides is 1. The van der Waals surface area contributed by atoms with E-state index in [2.05, 4.69) is 20.5 Å². The normalized spacial score (nSPS) is 11.5. The van der Waals surface area contributed by atoms with Crippen LogP contribution in [0.3, 0.4) is 0 Å². The Morgan fingerprint density at radius 2 is 1.86 bits per heavy atom. The summed E-state index contributed by atoms with van der Waals surface area (Å²) in [5.41, 5.74) is 1.43. The minimum Gasteiger partial charge on any atom is -0.325 e. The monoisotopic (exact) mass is 417 g/mol. The van der Waals surface area contributed by atoms with E-state index >= 15 is 0 Å². The first kappa shape index (κ1) is 20.1. The molecule has 0 saturated heterocycles. The largest absolute Gasteiger partial charge is 0.325 e. The number of anilines is 1. The van der Waals surface area contributed by atoms with Crippen molar-refractivity contribution in [2.45, 2.75) is 16.6 Å². The minimum absolute atomic E-state index is 0.162. The number of thioether (sulfide) groups is 1. The summed E-state index contributed by atoms with van der Waals surface area (Å²) in [4.78, 5) is 16.1. The predicted octanol–water partition coefficient (Wildman–Crippen LogP) is 2.36. The molecule has 0 atom stereocenters. The zero-order valence-electron chi connectivity index (χ0n) is 15.1. The SMILES string of the molecule is CN(Cc1ccccc1)S(=O)(=O)c1ccc(NC(=O)CSc2ncn[nH]2)cc1. The van der Waals surface area contributed by atoms with Crippen LogP contribution in [0.15, 0.2) is 71.0 Å². The number of hydrogen-bond donors (Lipinski definition) is 2. The third-order valence-electron chi connectivity index (χ3n) is 3.83. The molecule has 0 aliphatic rings. The van der Waals surface area contributed by atoms with E-state index in [-0.39, 0.29) is 23.1 Å². The summed E-state index contributed by atoms with van der Waals surface area (Å²) in [7, 11) is -2.08. The van der Waals surface area contributed by atoms with E-state index < -0.39 is 10.0 Å². The van der Waals surface area contributed by atoms with E-state index in [9.17, 15) is 13.2 Å². The number of nitrogens with one attached hydrogen (secondary N) is 2. The van der Waals surface area contributed by atoms with Gasteiger partial charge >= 0.3 is 0 Å². The van der Waals surface area contributed by atoms with E-state index in [1.165, 1.54) is 34.5 Å². The van der Waals surface area contributed by atoms with Gasteiger partial charge in [-0.3, -0.25) is 9.89 Å². The number of hydrogen-bond acceptors (Lipinski definition) is 6. The molecular formula is C18H19N5O3S2. The quantitative estimate of drug-likeness (QED) is 0.545. The lowest BCUT2D eigenvalue weighted by molar-refractivity contribution is -0.113. The molecule has 0 bridgehead atoms. The molecule has 8 nitrogen and oxygen atoms in total. The maximum atomic E-state index is 12.7. The number of carbonyl (C=O) groups is 1. The Morgan fingerprint density at radius 1 is 1.14 bits per heavy atom. The van der Waals surface area contributed by atoms with E-state index in [1.807, 2.05) is 30.3 Å². The maximum absolute atomic E-state index is 12.7. The first-order valence-electron chi connectivity index (χ1n) is 8.33. The lowest BCUT2D eigenvalue weighted by atomic mass is 10.2.